The van der Waals surface area contributed by atoms with Crippen molar-refractivity contribution < 1.29 is 18.8 Å². The van der Waals surface area contributed by atoms with Gasteiger partial charge in [0.2, 0.25) is 0 Å². The number of imide groups is 1. The Hall–Kier alpha value is -1.92. The molecule has 0 aliphatic carbocycles. The van der Waals surface area contributed by atoms with E-state index >= 15 is 0 Å². The minimum absolute atomic E-state index is 0.113. The second kappa shape index (κ2) is 7.54. The molecule has 1 saturated heterocycles. The second-order valence-electron chi connectivity index (χ2n) is 7.69. The van der Waals surface area contributed by atoms with Crippen molar-refractivity contribution >= 4 is 20.3 Å². The van der Waals surface area contributed by atoms with Crippen LogP contribution >= 0.6 is 0 Å². The first-order valence-corrected chi connectivity index (χ1v) is 11.4. The molecule has 0 unspecified atom stereocenters. The molecule has 6 heteroatoms. The summed E-state index contributed by atoms with van der Waals surface area (Å²) in [6.07, 6.45) is 2.47. The molecule has 1 heterocycles. The number of hydrogen-bond acceptors (Lipinski definition) is 4. The SMILES string of the molecule is CC(C)(C)[Si](C)(C)OCC=CC(=O)N1C(=O)OC[C@H]1c1ccccc1. The van der Waals surface area contributed by atoms with E-state index in [-0.39, 0.29) is 23.6 Å². The van der Waals surface area contributed by atoms with Gasteiger partial charge < -0.3 is 9.16 Å². The molecule has 0 N–H and O–H groups in total. The lowest BCUT2D eigenvalue weighted by molar-refractivity contribution is -0.124. The van der Waals surface area contributed by atoms with Crippen LogP contribution in [0, 0.1) is 0 Å². The molecule has 0 radical (unpaired) electrons. The minimum atomic E-state index is -1.86. The number of ether oxygens (including phenoxy) is 1. The van der Waals surface area contributed by atoms with Gasteiger partial charge in [-0.3, -0.25) is 4.79 Å². The Morgan fingerprint density at radius 2 is 1.96 bits per heavy atom. The van der Waals surface area contributed by atoms with Gasteiger partial charge in [0.05, 0.1) is 6.61 Å². The average molecular weight is 362 g/mol. The fourth-order valence-corrected chi connectivity index (χ4v) is 3.23. The monoisotopic (exact) mass is 361 g/mol. The number of carbonyl (C=O) groups is 2. The highest BCUT2D eigenvalue weighted by atomic mass is 28.4. The van der Waals surface area contributed by atoms with Gasteiger partial charge in [0.15, 0.2) is 8.32 Å². The maximum absolute atomic E-state index is 12.5. The Bertz CT molecular complexity index is 649. The number of rotatable bonds is 5. The van der Waals surface area contributed by atoms with E-state index < -0.39 is 14.4 Å². The van der Waals surface area contributed by atoms with Crippen LogP contribution in [0.5, 0.6) is 0 Å². The van der Waals surface area contributed by atoms with Crippen LogP contribution in [-0.2, 0) is 14.0 Å². The lowest BCUT2D eigenvalue weighted by Gasteiger charge is -2.35. The van der Waals surface area contributed by atoms with Crippen LogP contribution in [0.4, 0.5) is 4.79 Å². The smallest absolute Gasteiger partial charge is 0.417 e. The topological polar surface area (TPSA) is 55.8 Å². The van der Waals surface area contributed by atoms with Crippen molar-refractivity contribution in [2.45, 2.75) is 44.9 Å². The van der Waals surface area contributed by atoms with Crippen LogP contribution in [-0.4, -0.2) is 38.4 Å². The van der Waals surface area contributed by atoms with Crippen molar-refractivity contribution in [1.29, 1.82) is 0 Å². The third kappa shape index (κ3) is 4.58. The van der Waals surface area contributed by atoms with Gasteiger partial charge in [-0.05, 0) is 23.7 Å². The molecule has 2 amide bonds. The highest BCUT2D eigenvalue weighted by Crippen LogP contribution is 2.36. The number of benzene rings is 1. The number of amides is 2. The fraction of sp³-hybridized carbons (Fsp3) is 0.474. The van der Waals surface area contributed by atoms with Gasteiger partial charge in [-0.2, -0.15) is 0 Å². The van der Waals surface area contributed by atoms with Crippen molar-refractivity contribution in [2.75, 3.05) is 13.2 Å². The highest BCUT2D eigenvalue weighted by Gasteiger charge is 2.38. The molecule has 25 heavy (non-hydrogen) atoms. The minimum Gasteiger partial charge on any atom is -0.446 e. The quantitative estimate of drug-likeness (QED) is 0.580. The van der Waals surface area contributed by atoms with E-state index in [0.717, 1.165) is 10.5 Å². The van der Waals surface area contributed by atoms with Gasteiger partial charge in [0.1, 0.15) is 12.6 Å². The summed E-state index contributed by atoms with van der Waals surface area (Å²) in [6, 6.07) is 9.04. The molecule has 1 aromatic carbocycles. The number of cyclic esters (lactones) is 1. The molecule has 0 saturated carbocycles. The zero-order valence-electron chi connectivity index (χ0n) is 15.6. The van der Waals surface area contributed by atoms with Crippen LogP contribution in [0.25, 0.3) is 0 Å². The van der Waals surface area contributed by atoms with Crippen molar-refractivity contribution in [2.24, 2.45) is 0 Å². The van der Waals surface area contributed by atoms with Crippen LogP contribution in [0.2, 0.25) is 18.1 Å². The molecule has 1 atom stereocenters. The van der Waals surface area contributed by atoms with E-state index in [1.807, 2.05) is 30.3 Å². The lowest BCUT2D eigenvalue weighted by Crippen LogP contribution is -2.40. The lowest BCUT2D eigenvalue weighted by atomic mass is 10.1. The molecule has 0 bridgehead atoms. The Balaban J connectivity index is 2.00. The van der Waals surface area contributed by atoms with Crippen LogP contribution in [0.1, 0.15) is 32.4 Å². The maximum atomic E-state index is 12.5. The van der Waals surface area contributed by atoms with Gasteiger partial charge in [0, 0.05) is 6.08 Å². The largest absolute Gasteiger partial charge is 0.446 e. The predicted octanol–water partition coefficient (Wildman–Crippen LogP) is 4.28. The van der Waals surface area contributed by atoms with E-state index in [1.54, 1.807) is 6.08 Å². The molecule has 1 aliphatic rings. The van der Waals surface area contributed by atoms with Gasteiger partial charge in [-0.1, -0.05) is 57.2 Å². The molecule has 0 aromatic heterocycles. The summed E-state index contributed by atoms with van der Waals surface area (Å²) in [6.45, 7) is 11.4. The van der Waals surface area contributed by atoms with Gasteiger partial charge in [-0.25, -0.2) is 9.69 Å². The Kier molecular flexibility index (Phi) is 5.85. The molecular weight excluding hydrogens is 334 g/mol. The van der Waals surface area contributed by atoms with E-state index in [0.29, 0.717) is 6.61 Å². The predicted molar refractivity (Wildman–Crippen MR) is 99.7 cm³/mol. The molecule has 1 aromatic rings. The van der Waals surface area contributed by atoms with Crippen LogP contribution in [0.15, 0.2) is 42.5 Å². The second-order valence-corrected chi connectivity index (χ2v) is 12.5. The summed E-state index contributed by atoms with van der Waals surface area (Å²) in [5.41, 5.74) is 0.882. The first-order chi connectivity index (χ1) is 11.6. The zero-order chi connectivity index (χ0) is 18.7. The van der Waals surface area contributed by atoms with E-state index in [9.17, 15) is 9.59 Å². The van der Waals surface area contributed by atoms with Gasteiger partial charge >= 0.3 is 6.09 Å². The highest BCUT2D eigenvalue weighted by molar-refractivity contribution is 6.74. The Labute approximate surface area is 150 Å². The molecule has 2 rings (SSSR count). The van der Waals surface area contributed by atoms with Crippen molar-refractivity contribution in [3.63, 3.8) is 0 Å². The van der Waals surface area contributed by atoms with Crippen LogP contribution in [0.3, 0.4) is 0 Å². The molecule has 5 nitrogen and oxygen atoms in total. The molecular formula is C19H27NO4Si. The van der Waals surface area contributed by atoms with Crippen LogP contribution < -0.4 is 0 Å². The summed E-state index contributed by atoms with van der Waals surface area (Å²) >= 11 is 0. The number of nitrogens with zero attached hydrogens (tertiary/aromatic N) is 1. The third-order valence-corrected chi connectivity index (χ3v) is 9.40. The van der Waals surface area contributed by atoms with E-state index in [2.05, 4.69) is 33.9 Å². The summed E-state index contributed by atoms with van der Waals surface area (Å²) in [5.74, 6) is -0.379. The average Bonchev–Trinajstić information content (AvgIpc) is 2.93. The first kappa shape index (κ1) is 19.4. The van der Waals surface area contributed by atoms with Gasteiger partial charge in [-0.15, -0.1) is 0 Å². The maximum Gasteiger partial charge on any atom is 0.417 e. The van der Waals surface area contributed by atoms with Gasteiger partial charge in [0.25, 0.3) is 5.91 Å². The fourth-order valence-electron chi connectivity index (χ4n) is 2.29. The summed E-state index contributed by atoms with van der Waals surface area (Å²) < 4.78 is 11.1. The summed E-state index contributed by atoms with van der Waals surface area (Å²) in [4.78, 5) is 25.6. The standard InChI is InChI=1S/C19H27NO4Si/c1-19(2,3)25(4,5)24-13-9-12-17(21)20-16(14-23-18(20)22)15-10-7-6-8-11-15/h6-12,16H,13-14H2,1-5H3/t16-/m0/s1. The normalized spacial score (nSPS) is 18.7. The van der Waals surface area contributed by atoms with Crippen molar-refractivity contribution in [1.82, 2.24) is 4.90 Å². The van der Waals surface area contributed by atoms with Crippen molar-refractivity contribution in [3.05, 3.63) is 48.0 Å². The molecule has 1 fully saturated rings. The third-order valence-electron chi connectivity index (χ3n) is 4.90. The Morgan fingerprint density at radius 3 is 2.56 bits per heavy atom. The summed E-state index contributed by atoms with van der Waals surface area (Å²) in [7, 11) is -1.86. The van der Waals surface area contributed by atoms with E-state index in [4.69, 9.17) is 9.16 Å². The summed E-state index contributed by atoms with van der Waals surface area (Å²) in [5, 5.41) is 0.113. The molecule has 1 aliphatic heterocycles. The molecule has 0 spiro atoms. The number of hydrogen-bond donors (Lipinski definition) is 0. The number of carbonyl (C=O) groups excluding carboxylic acids is 2. The first-order valence-electron chi connectivity index (χ1n) is 8.49. The van der Waals surface area contributed by atoms with E-state index in [1.165, 1.54) is 6.08 Å². The zero-order valence-corrected chi connectivity index (χ0v) is 16.6. The molecule has 136 valence electrons. The van der Waals surface area contributed by atoms with Crippen molar-refractivity contribution in [3.8, 4) is 0 Å². The Morgan fingerprint density at radius 1 is 1.32 bits per heavy atom.